The first-order chi connectivity index (χ1) is 9.00. The number of urea groups is 1. The Bertz CT molecular complexity index is 466. The van der Waals surface area contributed by atoms with E-state index in [0.717, 1.165) is 11.5 Å². The number of thioether (sulfide) groups is 1. The second kappa shape index (κ2) is 5.70. The molecule has 2 rings (SSSR count). The van der Waals surface area contributed by atoms with Crippen molar-refractivity contribution in [1.29, 1.82) is 0 Å². The number of carbonyl (C=O) groups excluding carboxylic acids is 1. The van der Waals surface area contributed by atoms with Crippen molar-refractivity contribution in [3.8, 4) is 0 Å². The highest BCUT2D eigenvalue weighted by molar-refractivity contribution is 8.00. The minimum Gasteiger partial charge on any atom is -0.480 e. The summed E-state index contributed by atoms with van der Waals surface area (Å²) in [5.74, 6) is -0.450. The van der Waals surface area contributed by atoms with Gasteiger partial charge in [-0.15, -0.1) is 11.8 Å². The first kappa shape index (κ1) is 14.0. The molecule has 2 atom stereocenters. The third kappa shape index (κ3) is 2.95. The van der Waals surface area contributed by atoms with Crippen molar-refractivity contribution in [1.82, 2.24) is 19.7 Å². The number of carboxylic acid groups (broad SMARTS) is 1. The summed E-state index contributed by atoms with van der Waals surface area (Å²) in [5.41, 5.74) is 0. The molecule has 0 spiro atoms. The molecule has 1 fully saturated rings. The van der Waals surface area contributed by atoms with Crippen LogP contribution in [0.1, 0.15) is 13.8 Å². The molecule has 104 valence electrons. The van der Waals surface area contributed by atoms with Crippen molar-refractivity contribution < 1.29 is 14.7 Å². The predicted octanol–water partition coefficient (Wildman–Crippen LogP) is 0.949. The van der Waals surface area contributed by atoms with Crippen LogP contribution in [0, 0.1) is 5.92 Å². The largest absolute Gasteiger partial charge is 0.480 e. The Hall–Kier alpha value is -1.42. The molecule has 0 saturated carbocycles. The lowest BCUT2D eigenvalue weighted by molar-refractivity contribution is -0.141. The average Bonchev–Trinajstić information content (AvgIpc) is 2.95. The van der Waals surface area contributed by atoms with E-state index < -0.39 is 18.0 Å². The van der Waals surface area contributed by atoms with Gasteiger partial charge in [-0.1, -0.05) is 23.4 Å². The molecule has 2 amide bonds. The Kier molecular flexibility index (Phi) is 4.20. The van der Waals surface area contributed by atoms with Crippen LogP contribution in [-0.4, -0.2) is 54.0 Å². The molecule has 10 heteroatoms. The lowest BCUT2D eigenvalue weighted by atomic mass is 10.2. The van der Waals surface area contributed by atoms with Crippen LogP contribution in [-0.2, 0) is 4.79 Å². The number of amides is 2. The van der Waals surface area contributed by atoms with Crippen LogP contribution in [0.25, 0.3) is 0 Å². The van der Waals surface area contributed by atoms with E-state index >= 15 is 0 Å². The summed E-state index contributed by atoms with van der Waals surface area (Å²) in [6.45, 7) is 3.91. The number of hydrogen-bond acceptors (Lipinski definition) is 7. The molecule has 1 aliphatic rings. The number of nitrogens with one attached hydrogen (secondary N) is 1. The van der Waals surface area contributed by atoms with Crippen molar-refractivity contribution in [2.45, 2.75) is 25.3 Å². The fourth-order valence-electron chi connectivity index (χ4n) is 1.83. The topological polar surface area (TPSA) is 108 Å². The highest BCUT2D eigenvalue weighted by atomic mass is 32.2. The molecule has 0 aromatic carbocycles. The van der Waals surface area contributed by atoms with Crippen molar-refractivity contribution in [2.75, 3.05) is 11.1 Å². The van der Waals surface area contributed by atoms with Crippen LogP contribution in [0.5, 0.6) is 0 Å². The van der Waals surface area contributed by atoms with E-state index in [0.29, 0.717) is 5.75 Å². The molecule has 2 N–H and O–H groups in total. The number of aromatic nitrogens is 3. The Morgan fingerprint density at radius 1 is 1.53 bits per heavy atom. The molecule has 2 unspecified atom stereocenters. The lowest BCUT2D eigenvalue weighted by Crippen LogP contribution is -2.49. The third-order valence-electron chi connectivity index (χ3n) is 2.64. The van der Waals surface area contributed by atoms with E-state index in [1.54, 1.807) is 0 Å². The van der Waals surface area contributed by atoms with Crippen molar-refractivity contribution in [3.63, 3.8) is 0 Å². The van der Waals surface area contributed by atoms with Gasteiger partial charge in [0.1, 0.15) is 6.04 Å². The summed E-state index contributed by atoms with van der Waals surface area (Å²) in [6.07, 6.45) is 0. The van der Waals surface area contributed by atoms with Gasteiger partial charge in [-0.25, -0.2) is 9.59 Å². The van der Waals surface area contributed by atoms with Gasteiger partial charge in [-0.3, -0.25) is 10.2 Å². The second-order valence-corrected chi connectivity index (χ2v) is 6.21. The minimum absolute atomic E-state index is 0.160. The van der Waals surface area contributed by atoms with Crippen LogP contribution in [0.3, 0.4) is 0 Å². The second-order valence-electron chi connectivity index (χ2n) is 4.33. The van der Waals surface area contributed by atoms with E-state index in [4.69, 9.17) is 0 Å². The van der Waals surface area contributed by atoms with Gasteiger partial charge in [-0.05, 0) is 11.1 Å². The molecule has 1 aliphatic heterocycles. The van der Waals surface area contributed by atoms with E-state index in [1.165, 1.54) is 16.7 Å². The molecular weight excluding hydrogens is 290 g/mol. The van der Waals surface area contributed by atoms with Crippen LogP contribution < -0.4 is 5.32 Å². The molecule has 1 saturated heterocycles. The summed E-state index contributed by atoms with van der Waals surface area (Å²) in [6, 6.07) is -1.30. The Morgan fingerprint density at radius 2 is 2.26 bits per heavy atom. The number of hydrogen-bond donors (Lipinski definition) is 2. The molecule has 0 bridgehead atoms. The van der Waals surface area contributed by atoms with Gasteiger partial charge in [-0.2, -0.15) is 0 Å². The first-order valence-electron chi connectivity index (χ1n) is 5.59. The fraction of sp³-hybridized carbons (Fsp3) is 0.667. The van der Waals surface area contributed by atoms with Gasteiger partial charge >= 0.3 is 12.0 Å². The van der Waals surface area contributed by atoms with E-state index in [1.807, 2.05) is 13.8 Å². The zero-order valence-electron chi connectivity index (χ0n) is 10.3. The average molecular weight is 303 g/mol. The lowest BCUT2D eigenvalue weighted by Gasteiger charge is -2.29. The standard InChI is InChI=1S/C9H13N5O3S2/c1-4(2)6-14(5(3-18-6)7(15)16)9(17)10-8-11-12-13-19-8/h4-6H,3H2,1-2H3,(H,15,16)(H,10,11,13,17). The van der Waals surface area contributed by atoms with Crippen LogP contribution in [0.15, 0.2) is 0 Å². The molecule has 0 radical (unpaired) electrons. The molecule has 0 aliphatic carbocycles. The van der Waals surface area contributed by atoms with Gasteiger partial charge in [0, 0.05) is 17.3 Å². The zero-order valence-corrected chi connectivity index (χ0v) is 11.9. The Morgan fingerprint density at radius 3 is 2.79 bits per heavy atom. The summed E-state index contributed by atoms with van der Waals surface area (Å²) in [5, 5.41) is 18.8. The van der Waals surface area contributed by atoms with Gasteiger partial charge in [0.25, 0.3) is 0 Å². The summed E-state index contributed by atoms with van der Waals surface area (Å²) in [7, 11) is 0. The third-order valence-corrected chi connectivity index (χ3v) is 4.77. The Labute approximate surface area is 117 Å². The molecule has 1 aromatic heterocycles. The van der Waals surface area contributed by atoms with Crippen LogP contribution in [0.2, 0.25) is 0 Å². The van der Waals surface area contributed by atoms with Crippen molar-refractivity contribution in [3.05, 3.63) is 0 Å². The van der Waals surface area contributed by atoms with Crippen molar-refractivity contribution in [2.24, 2.45) is 5.92 Å². The molecule has 8 nitrogen and oxygen atoms in total. The molecule has 1 aromatic rings. The number of rotatable bonds is 3. The number of carboxylic acids is 1. The summed E-state index contributed by atoms with van der Waals surface area (Å²) < 4.78 is 3.54. The molecule has 19 heavy (non-hydrogen) atoms. The van der Waals surface area contributed by atoms with Gasteiger partial charge < -0.3 is 5.11 Å². The highest BCUT2D eigenvalue weighted by Crippen LogP contribution is 2.34. The smallest absolute Gasteiger partial charge is 0.327 e. The van der Waals surface area contributed by atoms with Crippen molar-refractivity contribution >= 4 is 40.4 Å². The SMILES string of the molecule is CC(C)C1SCC(C(=O)O)N1C(=O)Nc1nnns1. The maximum Gasteiger partial charge on any atom is 0.327 e. The van der Waals surface area contributed by atoms with E-state index in [2.05, 4.69) is 20.1 Å². The molecular formula is C9H13N5O3S2. The van der Waals surface area contributed by atoms with Gasteiger partial charge in [0.2, 0.25) is 5.13 Å². The van der Waals surface area contributed by atoms with Gasteiger partial charge in [0.05, 0.1) is 5.37 Å². The monoisotopic (exact) mass is 303 g/mol. The number of nitrogens with zero attached hydrogens (tertiary/aromatic N) is 4. The van der Waals surface area contributed by atoms with Gasteiger partial charge in [0.15, 0.2) is 0 Å². The first-order valence-corrected chi connectivity index (χ1v) is 7.41. The van der Waals surface area contributed by atoms with E-state index in [-0.39, 0.29) is 16.4 Å². The Balaban J connectivity index is 2.16. The maximum atomic E-state index is 12.2. The number of carbonyl (C=O) groups is 2. The van der Waals surface area contributed by atoms with E-state index in [9.17, 15) is 14.7 Å². The zero-order chi connectivity index (χ0) is 14.0. The minimum atomic E-state index is -0.999. The normalized spacial score (nSPS) is 22.8. The predicted molar refractivity (Wildman–Crippen MR) is 71.1 cm³/mol. The number of anilines is 1. The summed E-state index contributed by atoms with van der Waals surface area (Å²) in [4.78, 5) is 24.8. The quantitative estimate of drug-likeness (QED) is 0.855. The number of aliphatic carboxylic acids is 1. The van der Waals surface area contributed by atoms with Crippen LogP contribution in [0.4, 0.5) is 9.93 Å². The molecule has 2 heterocycles. The maximum absolute atomic E-state index is 12.2. The van der Waals surface area contributed by atoms with Crippen LogP contribution >= 0.6 is 23.3 Å². The highest BCUT2D eigenvalue weighted by Gasteiger charge is 2.43. The summed E-state index contributed by atoms with van der Waals surface area (Å²) >= 11 is 2.42. The fourth-order valence-corrected chi connectivity index (χ4v) is 3.65.